The molecule has 0 fully saturated rings. The van der Waals surface area contributed by atoms with Crippen LogP contribution in [0.2, 0.25) is 0 Å². The zero-order chi connectivity index (χ0) is 10.8. The van der Waals surface area contributed by atoms with Crippen molar-refractivity contribution in [3.05, 3.63) is 35.5 Å². The van der Waals surface area contributed by atoms with E-state index in [9.17, 15) is 5.11 Å². The highest BCUT2D eigenvalue weighted by atomic mass is 16.3. The summed E-state index contributed by atoms with van der Waals surface area (Å²) in [5.41, 5.74) is 3.45. The minimum absolute atomic E-state index is 0.582. The largest absolute Gasteiger partial charge is 0.387 e. The molecule has 1 heterocycles. The number of H-pyrrole nitrogens is 1. The summed E-state index contributed by atoms with van der Waals surface area (Å²) in [6.07, 6.45) is -0.611. The summed E-state index contributed by atoms with van der Waals surface area (Å²) < 4.78 is 0. The Balaban J connectivity index is 2.45. The number of aliphatic hydroxyl groups excluding tert-OH is 1. The average molecular weight is 203 g/mol. The third kappa shape index (κ3) is 1.89. The van der Waals surface area contributed by atoms with Gasteiger partial charge in [0.25, 0.3) is 0 Å². The van der Waals surface area contributed by atoms with E-state index in [1.807, 2.05) is 31.2 Å². The number of aliphatic hydroxyl groups is 1. The van der Waals surface area contributed by atoms with Crippen molar-refractivity contribution >= 4 is 0 Å². The van der Waals surface area contributed by atoms with Crippen LogP contribution in [-0.4, -0.2) is 20.5 Å². The van der Waals surface area contributed by atoms with Crippen LogP contribution in [0.25, 0.3) is 11.3 Å². The standard InChI is InChI=1S/C11H13N3O/c1-7-3-5-9(6-4-7)11-10(8(2)15)12-14-13-11/h3-6,8,15H,1-2H3,(H,12,13,14). The molecule has 0 radical (unpaired) electrons. The average Bonchev–Trinajstić information content (AvgIpc) is 2.67. The second-order valence-corrected chi connectivity index (χ2v) is 3.60. The number of rotatable bonds is 2. The molecule has 2 rings (SSSR count). The maximum absolute atomic E-state index is 9.49. The molecule has 4 nitrogen and oxygen atoms in total. The van der Waals surface area contributed by atoms with Gasteiger partial charge in [0.1, 0.15) is 11.4 Å². The van der Waals surface area contributed by atoms with Crippen molar-refractivity contribution in [1.82, 2.24) is 15.4 Å². The Hall–Kier alpha value is -1.68. The SMILES string of the molecule is Cc1ccc(-c2n[nH]nc2C(C)O)cc1. The van der Waals surface area contributed by atoms with Crippen molar-refractivity contribution in [3.63, 3.8) is 0 Å². The Morgan fingerprint density at radius 3 is 2.47 bits per heavy atom. The Bertz CT molecular complexity index is 445. The highest BCUT2D eigenvalue weighted by Crippen LogP contribution is 2.23. The molecule has 0 spiro atoms. The molecule has 0 aliphatic rings. The summed E-state index contributed by atoms with van der Waals surface area (Å²) in [6, 6.07) is 7.96. The van der Waals surface area contributed by atoms with Crippen LogP contribution in [0.4, 0.5) is 0 Å². The maximum atomic E-state index is 9.49. The minimum atomic E-state index is -0.611. The number of nitrogens with zero attached hydrogens (tertiary/aromatic N) is 2. The summed E-state index contributed by atoms with van der Waals surface area (Å²) in [4.78, 5) is 0. The van der Waals surface area contributed by atoms with Crippen LogP contribution < -0.4 is 0 Å². The van der Waals surface area contributed by atoms with Gasteiger partial charge in [0.2, 0.25) is 0 Å². The molecule has 0 aliphatic carbocycles. The molecule has 1 aromatic carbocycles. The van der Waals surface area contributed by atoms with Gasteiger partial charge in [-0.3, -0.25) is 0 Å². The van der Waals surface area contributed by atoms with E-state index >= 15 is 0 Å². The molecule has 0 aliphatic heterocycles. The van der Waals surface area contributed by atoms with Crippen LogP contribution in [0.1, 0.15) is 24.3 Å². The molecule has 1 unspecified atom stereocenters. The van der Waals surface area contributed by atoms with E-state index in [1.54, 1.807) is 6.92 Å². The normalized spacial score (nSPS) is 12.7. The molecular weight excluding hydrogens is 190 g/mol. The second-order valence-electron chi connectivity index (χ2n) is 3.60. The molecule has 0 bridgehead atoms. The number of hydrogen-bond acceptors (Lipinski definition) is 3. The highest BCUT2D eigenvalue weighted by molar-refractivity contribution is 5.61. The van der Waals surface area contributed by atoms with Crippen LogP contribution in [0.3, 0.4) is 0 Å². The highest BCUT2D eigenvalue weighted by Gasteiger charge is 2.13. The lowest BCUT2D eigenvalue weighted by Gasteiger charge is -2.03. The van der Waals surface area contributed by atoms with E-state index in [0.717, 1.165) is 5.56 Å². The predicted octanol–water partition coefficient (Wildman–Crippen LogP) is 1.83. The van der Waals surface area contributed by atoms with E-state index in [1.165, 1.54) is 5.56 Å². The number of aryl methyl sites for hydroxylation is 1. The fourth-order valence-corrected chi connectivity index (χ4v) is 1.45. The van der Waals surface area contributed by atoms with Crippen molar-refractivity contribution in [2.24, 2.45) is 0 Å². The summed E-state index contributed by atoms with van der Waals surface area (Å²) in [7, 11) is 0. The fraction of sp³-hybridized carbons (Fsp3) is 0.273. The topological polar surface area (TPSA) is 61.8 Å². The van der Waals surface area contributed by atoms with Crippen LogP contribution in [0, 0.1) is 6.92 Å². The molecule has 2 aromatic rings. The van der Waals surface area contributed by atoms with Crippen molar-refractivity contribution in [1.29, 1.82) is 0 Å². The number of benzene rings is 1. The lowest BCUT2D eigenvalue weighted by atomic mass is 10.1. The van der Waals surface area contributed by atoms with Gasteiger partial charge in [0, 0.05) is 5.56 Å². The maximum Gasteiger partial charge on any atom is 0.119 e. The van der Waals surface area contributed by atoms with E-state index in [2.05, 4.69) is 15.4 Å². The van der Waals surface area contributed by atoms with E-state index in [4.69, 9.17) is 0 Å². The van der Waals surface area contributed by atoms with Gasteiger partial charge in [-0.25, -0.2) is 0 Å². The molecule has 15 heavy (non-hydrogen) atoms. The molecular formula is C11H13N3O. The summed E-state index contributed by atoms with van der Waals surface area (Å²) in [6.45, 7) is 3.71. The van der Waals surface area contributed by atoms with Gasteiger partial charge in [-0.05, 0) is 13.8 Å². The first kappa shape index (κ1) is 9.86. The Labute approximate surface area is 88.0 Å². The van der Waals surface area contributed by atoms with Gasteiger partial charge in [0.15, 0.2) is 0 Å². The van der Waals surface area contributed by atoms with Crippen LogP contribution in [-0.2, 0) is 0 Å². The second kappa shape index (κ2) is 3.82. The van der Waals surface area contributed by atoms with Gasteiger partial charge in [-0.1, -0.05) is 29.8 Å². The quantitative estimate of drug-likeness (QED) is 0.782. The van der Waals surface area contributed by atoms with E-state index in [-0.39, 0.29) is 0 Å². The third-order valence-electron chi connectivity index (χ3n) is 2.30. The van der Waals surface area contributed by atoms with Gasteiger partial charge in [0.05, 0.1) is 6.10 Å². The lowest BCUT2D eigenvalue weighted by Crippen LogP contribution is -1.94. The van der Waals surface area contributed by atoms with Gasteiger partial charge >= 0.3 is 0 Å². The van der Waals surface area contributed by atoms with Crippen LogP contribution in [0.5, 0.6) is 0 Å². The number of aromatic amines is 1. The molecule has 0 saturated heterocycles. The molecule has 1 atom stereocenters. The zero-order valence-electron chi connectivity index (χ0n) is 8.73. The summed E-state index contributed by atoms with van der Waals surface area (Å²) in [5.74, 6) is 0. The molecule has 0 saturated carbocycles. The molecule has 2 N–H and O–H groups in total. The third-order valence-corrected chi connectivity index (χ3v) is 2.30. The Morgan fingerprint density at radius 2 is 1.87 bits per heavy atom. The molecule has 4 heteroatoms. The summed E-state index contributed by atoms with van der Waals surface area (Å²) in [5, 5.41) is 20.0. The number of nitrogens with one attached hydrogen (secondary N) is 1. The minimum Gasteiger partial charge on any atom is -0.387 e. The Morgan fingerprint density at radius 1 is 1.20 bits per heavy atom. The lowest BCUT2D eigenvalue weighted by molar-refractivity contribution is 0.195. The monoisotopic (exact) mass is 203 g/mol. The first-order valence-corrected chi connectivity index (χ1v) is 4.84. The molecule has 1 aromatic heterocycles. The van der Waals surface area contributed by atoms with Gasteiger partial charge in [-0.15, -0.1) is 0 Å². The van der Waals surface area contributed by atoms with Crippen molar-refractivity contribution in [2.75, 3.05) is 0 Å². The van der Waals surface area contributed by atoms with Crippen molar-refractivity contribution in [3.8, 4) is 11.3 Å². The Kier molecular flexibility index (Phi) is 2.51. The number of hydrogen-bond donors (Lipinski definition) is 2. The first-order chi connectivity index (χ1) is 7.18. The van der Waals surface area contributed by atoms with Gasteiger partial charge in [-0.2, -0.15) is 15.4 Å². The molecule has 0 amide bonds. The van der Waals surface area contributed by atoms with E-state index < -0.39 is 6.10 Å². The number of aromatic nitrogens is 3. The smallest absolute Gasteiger partial charge is 0.119 e. The summed E-state index contributed by atoms with van der Waals surface area (Å²) >= 11 is 0. The van der Waals surface area contributed by atoms with Crippen molar-refractivity contribution < 1.29 is 5.11 Å². The molecule has 78 valence electrons. The zero-order valence-corrected chi connectivity index (χ0v) is 8.73. The predicted molar refractivity (Wildman–Crippen MR) is 57.2 cm³/mol. The van der Waals surface area contributed by atoms with Crippen LogP contribution >= 0.6 is 0 Å². The van der Waals surface area contributed by atoms with Gasteiger partial charge < -0.3 is 5.11 Å². The van der Waals surface area contributed by atoms with E-state index in [0.29, 0.717) is 11.4 Å². The van der Waals surface area contributed by atoms with Crippen molar-refractivity contribution in [2.45, 2.75) is 20.0 Å². The van der Waals surface area contributed by atoms with Crippen LogP contribution in [0.15, 0.2) is 24.3 Å². The fourth-order valence-electron chi connectivity index (χ4n) is 1.45. The first-order valence-electron chi connectivity index (χ1n) is 4.84.